The Kier molecular flexibility index (Phi) is 5.07. The van der Waals surface area contributed by atoms with E-state index in [2.05, 4.69) is 5.32 Å². The van der Waals surface area contributed by atoms with E-state index in [1.165, 1.54) is 17.3 Å². The van der Waals surface area contributed by atoms with Crippen LogP contribution in [-0.4, -0.2) is 41.6 Å². The number of aryl methyl sites for hydroxylation is 1. The second-order valence-corrected chi connectivity index (χ2v) is 6.21. The third-order valence-electron chi connectivity index (χ3n) is 3.70. The maximum atomic E-state index is 11.8. The second kappa shape index (κ2) is 6.61. The summed E-state index contributed by atoms with van der Waals surface area (Å²) in [6, 6.07) is 7.98. The van der Waals surface area contributed by atoms with Gasteiger partial charge in [0.1, 0.15) is 5.60 Å². The first-order valence-electron chi connectivity index (χ1n) is 6.80. The molecular weight excluding hydrogens is 274 g/mol. The van der Waals surface area contributed by atoms with Gasteiger partial charge in [0.2, 0.25) is 5.91 Å². The summed E-state index contributed by atoms with van der Waals surface area (Å²) in [6.07, 6.45) is 0.339. The van der Waals surface area contributed by atoms with Crippen LogP contribution in [0.5, 0.6) is 0 Å². The lowest BCUT2D eigenvalue weighted by Gasteiger charge is -2.26. The van der Waals surface area contributed by atoms with Crippen LogP contribution >= 0.6 is 11.8 Å². The van der Waals surface area contributed by atoms with Gasteiger partial charge in [-0.15, -0.1) is 11.8 Å². The molecule has 1 fully saturated rings. The topological polar surface area (TPSA) is 58.6 Å². The van der Waals surface area contributed by atoms with Gasteiger partial charge in [-0.25, -0.2) is 0 Å². The predicted octanol–water partition coefficient (Wildman–Crippen LogP) is 1.74. The molecule has 2 atom stereocenters. The van der Waals surface area contributed by atoms with Gasteiger partial charge in [0, 0.05) is 24.5 Å². The van der Waals surface area contributed by atoms with Crippen LogP contribution in [0.3, 0.4) is 0 Å². The molecule has 0 radical (unpaired) electrons. The van der Waals surface area contributed by atoms with Crippen molar-refractivity contribution in [2.24, 2.45) is 0 Å². The maximum absolute atomic E-state index is 11.8. The van der Waals surface area contributed by atoms with Crippen LogP contribution in [0.25, 0.3) is 0 Å². The number of hydrogen-bond acceptors (Lipinski definition) is 4. The number of amides is 1. The number of carbonyl (C=O) groups is 1. The Hall–Kier alpha value is -1.04. The molecule has 1 amide bonds. The standard InChI is InChI=1S/C15H21NO3S/c1-11-5-3-4-6-13(11)20-9-14(17)16-10-15(18)7-8-19-12(15)2/h3-6,12,18H,7-10H2,1-2H3,(H,16,17). The summed E-state index contributed by atoms with van der Waals surface area (Å²) in [7, 11) is 0. The summed E-state index contributed by atoms with van der Waals surface area (Å²) >= 11 is 1.51. The lowest BCUT2D eigenvalue weighted by Crippen LogP contribution is -2.47. The first-order chi connectivity index (χ1) is 9.51. The zero-order chi connectivity index (χ0) is 14.6. The summed E-state index contributed by atoms with van der Waals surface area (Å²) in [5.74, 6) is 0.293. The van der Waals surface area contributed by atoms with E-state index in [-0.39, 0.29) is 18.6 Å². The lowest BCUT2D eigenvalue weighted by atomic mass is 9.97. The number of aliphatic hydroxyl groups is 1. The Balaban J connectivity index is 1.77. The Morgan fingerprint density at radius 3 is 2.95 bits per heavy atom. The van der Waals surface area contributed by atoms with Gasteiger partial charge in [-0.2, -0.15) is 0 Å². The normalized spacial score (nSPS) is 25.6. The molecule has 2 unspecified atom stereocenters. The Morgan fingerprint density at radius 1 is 1.55 bits per heavy atom. The average molecular weight is 295 g/mol. The van der Waals surface area contributed by atoms with Crippen molar-refractivity contribution in [2.75, 3.05) is 18.9 Å². The Morgan fingerprint density at radius 2 is 2.30 bits per heavy atom. The van der Waals surface area contributed by atoms with E-state index in [1.807, 2.05) is 38.1 Å². The molecule has 1 aromatic rings. The quantitative estimate of drug-likeness (QED) is 0.813. The third kappa shape index (κ3) is 3.75. The van der Waals surface area contributed by atoms with Gasteiger partial charge in [0.25, 0.3) is 0 Å². The first-order valence-corrected chi connectivity index (χ1v) is 7.79. The van der Waals surface area contributed by atoms with Crippen LogP contribution in [0, 0.1) is 6.92 Å². The molecule has 20 heavy (non-hydrogen) atoms. The largest absolute Gasteiger partial charge is 0.385 e. The number of rotatable bonds is 5. The molecule has 4 nitrogen and oxygen atoms in total. The van der Waals surface area contributed by atoms with E-state index in [1.54, 1.807) is 0 Å². The Labute approximate surface area is 123 Å². The average Bonchev–Trinajstić information content (AvgIpc) is 2.76. The fraction of sp³-hybridized carbons (Fsp3) is 0.533. The van der Waals surface area contributed by atoms with Crippen molar-refractivity contribution in [3.8, 4) is 0 Å². The summed E-state index contributed by atoms with van der Waals surface area (Å²) in [4.78, 5) is 13.0. The number of nitrogens with one attached hydrogen (secondary N) is 1. The van der Waals surface area contributed by atoms with Gasteiger partial charge in [-0.3, -0.25) is 4.79 Å². The first kappa shape index (κ1) is 15.4. The summed E-state index contributed by atoms with van der Waals surface area (Å²) in [5.41, 5.74) is 0.241. The van der Waals surface area contributed by atoms with Crippen LogP contribution < -0.4 is 5.32 Å². The van der Waals surface area contributed by atoms with Crippen molar-refractivity contribution >= 4 is 17.7 Å². The molecule has 1 saturated heterocycles. The van der Waals surface area contributed by atoms with E-state index in [9.17, 15) is 9.90 Å². The fourth-order valence-electron chi connectivity index (χ4n) is 2.17. The zero-order valence-corrected chi connectivity index (χ0v) is 12.7. The third-order valence-corrected chi connectivity index (χ3v) is 4.88. The van der Waals surface area contributed by atoms with Crippen LogP contribution in [0.15, 0.2) is 29.2 Å². The number of hydrogen-bond donors (Lipinski definition) is 2. The number of ether oxygens (including phenoxy) is 1. The molecule has 1 aromatic carbocycles. The van der Waals surface area contributed by atoms with Crippen molar-refractivity contribution in [3.63, 3.8) is 0 Å². The van der Waals surface area contributed by atoms with Crippen molar-refractivity contribution in [1.82, 2.24) is 5.32 Å². The van der Waals surface area contributed by atoms with Crippen LogP contribution in [0.1, 0.15) is 18.9 Å². The van der Waals surface area contributed by atoms with Crippen molar-refractivity contribution in [3.05, 3.63) is 29.8 Å². The molecule has 1 aliphatic heterocycles. The highest BCUT2D eigenvalue weighted by Crippen LogP contribution is 2.25. The van der Waals surface area contributed by atoms with Crippen molar-refractivity contribution < 1.29 is 14.6 Å². The van der Waals surface area contributed by atoms with Gasteiger partial charge in [0.05, 0.1) is 11.9 Å². The molecule has 1 aliphatic rings. The molecule has 0 aliphatic carbocycles. The maximum Gasteiger partial charge on any atom is 0.230 e. The minimum atomic E-state index is -0.928. The lowest BCUT2D eigenvalue weighted by molar-refractivity contribution is -0.120. The fourth-order valence-corrected chi connectivity index (χ4v) is 3.03. The summed E-state index contributed by atoms with van der Waals surface area (Å²) in [5, 5.41) is 13.1. The molecule has 0 spiro atoms. The molecule has 1 heterocycles. The summed E-state index contributed by atoms with van der Waals surface area (Å²) < 4.78 is 5.34. The van der Waals surface area contributed by atoms with Gasteiger partial charge in [-0.1, -0.05) is 18.2 Å². The van der Waals surface area contributed by atoms with E-state index in [0.717, 1.165) is 4.90 Å². The molecule has 110 valence electrons. The van der Waals surface area contributed by atoms with Crippen LogP contribution in [0.4, 0.5) is 0 Å². The highest BCUT2D eigenvalue weighted by atomic mass is 32.2. The van der Waals surface area contributed by atoms with Crippen molar-refractivity contribution in [2.45, 2.75) is 36.9 Å². The Bertz CT molecular complexity index is 480. The number of benzene rings is 1. The van der Waals surface area contributed by atoms with Gasteiger partial charge in [0.15, 0.2) is 0 Å². The van der Waals surface area contributed by atoms with E-state index in [4.69, 9.17) is 4.74 Å². The highest BCUT2D eigenvalue weighted by Gasteiger charge is 2.39. The van der Waals surface area contributed by atoms with Crippen LogP contribution in [0.2, 0.25) is 0 Å². The molecule has 2 rings (SSSR count). The second-order valence-electron chi connectivity index (χ2n) is 5.20. The monoisotopic (exact) mass is 295 g/mol. The number of carbonyl (C=O) groups excluding carboxylic acids is 1. The highest BCUT2D eigenvalue weighted by molar-refractivity contribution is 8.00. The molecule has 0 saturated carbocycles. The predicted molar refractivity (Wildman–Crippen MR) is 79.9 cm³/mol. The SMILES string of the molecule is Cc1ccccc1SCC(=O)NCC1(O)CCOC1C. The van der Waals surface area contributed by atoms with Crippen molar-refractivity contribution in [1.29, 1.82) is 0 Å². The molecule has 5 heteroatoms. The smallest absolute Gasteiger partial charge is 0.230 e. The van der Waals surface area contributed by atoms with Gasteiger partial charge in [-0.05, 0) is 25.5 Å². The minimum absolute atomic E-state index is 0.0641. The zero-order valence-electron chi connectivity index (χ0n) is 11.9. The molecule has 0 aromatic heterocycles. The van der Waals surface area contributed by atoms with E-state index in [0.29, 0.717) is 18.8 Å². The summed E-state index contributed by atoms with van der Waals surface area (Å²) in [6.45, 7) is 4.66. The molecule has 0 bridgehead atoms. The van der Waals surface area contributed by atoms with E-state index >= 15 is 0 Å². The number of thioether (sulfide) groups is 1. The van der Waals surface area contributed by atoms with Crippen LogP contribution in [-0.2, 0) is 9.53 Å². The molecular formula is C15H21NO3S. The van der Waals surface area contributed by atoms with Gasteiger partial charge < -0.3 is 15.2 Å². The minimum Gasteiger partial charge on any atom is -0.385 e. The molecule has 2 N–H and O–H groups in total. The van der Waals surface area contributed by atoms with Gasteiger partial charge >= 0.3 is 0 Å². The van der Waals surface area contributed by atoms with E-state index < -0.39 is 5.60 Å².